The van der Waals surface area contributed by atoms with Crippen molar-refractivity contribution in [2.24, 2.45) is 7.05 Å². The van der Waals surface area contributed by atoms with Gasteiger partial charge in [0, 0.05) is 13.6 Å². The summed E-state index contributed by atoms with van der Waals surface area (Å²) in [6, 6.07) is 9.52. The molecule has 0 saturated heterocycles. The van der Waals surface area contributed by atoms with Crippen LogP contribution in [-0.4, -0.2) is 34.9 Å². The predicted molar refractivity (Wildman–Crippen MR) is 123 cm³/mol. The normalized spacial score (nSPS) is 11.3. The first-order valence-corrected chi connectivity index (χ1v) is 10.8. The lowest BCUT2D eigenvalue weighted by molar-refractivity contribution is 0.0458. The number of imidazole rings is 1. The molecule has 0 atom stereocenters. The molecule has 0 aliphatic rings. The van der Waals surface area contributed by atoms with E-state index in [1.807, 2.05) is 44.2 Å². The summed E-state index contributed by atoms with van der Waals surface area (Å²) in [5.41, 5.74) is 1.98. The molecular weight excluding hydrogens is 424 g/mol. The summed E-state index contributed by atoms with van der Waals surface area (Å²) < 4.78 is 10.3. The Hall–Kier alpha value is -3.95. The number of para-hydroxylation sites is 1. The van der Waals surface area contributed by atoms with E-state index in [4.69, 9.17) is 4.74 Å². The smallest absolute Gasteiger partial charge is 0.342 e. The lowest BCUT2D eigenvalue weighted by atomic mass is 10.2. The van der Waals surface area contributed by atoms with Gasteiger partial charge >= 0.3 is 11.7 Å². The fourth-order valence-corrected chi connectivity index (χ4v) is 3.91. The van der Waals surface area contributed by atoms with Crippen LogP contribution in [0.5, 0.6) is 0 Å². The number of nitrogens with one attached hydrogen (secondary N) is 1. The lowest BCUT2D eigenvalue weighted by Crippen LogP contribution is -2.31. The summed E-state index contributed by atoms with van der Waals surface area (Å²) in [5, 5.41) is 4.48. The lowest BCUT2D eigenvalue weighted by Gasteiger charge is -2.06. The zero-order valence-electron chi connectivity index (χ0n) is 19.1. The van der Waals surface area contributed by atoms with Gasteiger partial charge in [0.05, 0.1) is 17.1 Å². The standard InChI is InChI=1S/C23H26N6O4/c1-5-6-12-28-20-19(21(30)25-23(28)32)27(4)17(24-20)13-33-22(31)18-14(2)26-29(15(18)3)16-10-8-7-9-11-16/h7-11H,5-6,12-13H2,1-4H3,(H,25,30,32). The first kappa shape index (κ1) is 22.3. The Morgan fingerprint density at radius 2 is 1.88 bits per heavy atom. The molecule has 3 aromatic heterocycles. The SMILES string of the molecule is CCCCn1c(=O)[nH]c(=O)c2c1nc(COC(=O)c1c(C)nn(-c3ccccc3)c1C)n2C. The number of aryl methyl sites for hydroxylation is 3. The average Bonchev–Trinajstić information content (AvgIpc) is 3.28. The number of ether oxygens (including phenoxy) is 1. The Kier molecular flexibility index (Phi) is 5.99. The fraction of sp³-hybridized carbons (Fsp3) is 0.348. The summed E-state index contributed by atoms with van der Waals surface area (Å²) in [6.07, 6.45) is 1.66. The number of aromatic amines is 1. The van der Waals surface area contributed by atoms with E-state index in [1.165, 1.54) is 4.57 Å². The van der Waals surface area contributed by atoms with Crippen LogP contribution in [0.4, 0.5) is 0 Å². The zero-order chi connectivity index (χ0) is 23.7. The van der Waals surface area contributed by atoms with Gasteiger partial charge in [-0.15, -0.1) is 0 Å². The number of esters is 1. The van der Waals surface area contributed by atoms with E-state index in [0.717, 1.165) is 18.5 Å². The molecule has 0 aliphatic carbocycles. The largest absolute Gasteiger partial charge is 0.454 e. The van der Waals surface area contributed by atoms with E-state index in [0.29, 0.717) is 29.3 Å². The topological polar surface area (TPSA) is 117 Å². The number of nitrogens with zero attached hydrogens (tertiary/aromatic N) is 5. The van der Waals surface area contributed by atoms with Crippen LogP contribution in [-0.2, 0) is 24.9 Å². The van der Waals surface area contributed by atoms with Gasteiger partial charge in [-0.2, -0.15) is 5.10 Å². The molecule has 1 aromatic carbocycles. The molecule has 10 heteroatoms. The van der Waals surface area contributed by atoms with E-state index in [2.05, 4.69) is 15.1 Å². The van der Waals surface area contributed by atoms with Crippen LogP contribution in [0.25, 0.3) is 16.9 Å². The fourth-order valence-electron chi connectivity index (χ4n) is 3.91. The molecule has 4 rings (SSSR count). The van der Waals surface area contributed by atoms with Crippen LogP contribution in [0.15, 0.2) is 39.9 Å². The molecule has 10 nitrogen and oxygen atoms in total. The zero-order valence-corrected chi connectivity index (χ0v) is 19.1. The van der Waals surface area contributed by atoms with E-state index in [-0.39, 0.29) is 17.8 Å². The second-order valence-electron chi connectivity index (χ2n) is 7.89. The highest BCUT2D eigenvalue weighted by molar-refractivity contribution is 5.92. The van der Waals surface area contributed by atoms with Crippen LogP contribution in [0.2, 0.25) is 0 Å². The molecule has 172 valence electrons. The van der Waals surface area contributed by atoms with Crippen LogP contribution in [0.3, 0.4) is 0 Å². The summed E-state index contributed by atoms with van der Waals surface area (Å²) in [4.78, 5) is 44.4. The minimum Gasteiger partial charge on any atom is -0.454 e. The molecule has 3 heterocycles. The van der Waals surface area contributed by atoms with Crippen molar-refractivity contribution in [3.8, 4) is 5.69 Å². The molecule has 0 radical (unpaired) electrons. The number of carbonyl (C=O) groups is 1. The Morgan fingerprint density at radius 1 is 1.15 bits per heavy atom. The highest BCUT2D eigenvalue weighted by Gasteiger charge is 2.22. The summed E-state index contributed by atoms with van der Waals surface area (Å²) in [6.45, 7) is 5.87. The van der Waals surface area contributed by atoms with E-state index < -0.39 is 17.2 Å². The van der Waals surface area contributed by atoms with Crippen molar-refractivity contribution in [2.45, 2.75) is 46.8 Å². The van der Waals surface area contributed by atoms with Gasteiger partial charge in [-0.1, -0.05) is 31.5 Å². The first-order valence-electron chi connectivity index (χ1n) is 10.8. The van der Waals surface area contributed by atoms with Crippen molar-refractivity contribution in [3.63, 3.8) is 0 Å². The molecule has 0 spiro atoms. The Labute approximate surface area is 189 Å². The second-order valence-corrected chi connectivity index (χ2v) is 7.89. The van der Waals surface area contributed by atoms with Crippen molar-refractivity contribution in [1.82, 2.24) is 28.9 Å². The van der Waals surface area contributed by atoms with Crippen LogP contribution in [0, 0.1) is 13.8 Å². The number of fused-ring (bicyclic) bond motifs is 1. The van der Waals surface area contributed by atoms with Gasteiger partial charge in [0.2, 0.25) is 0 Å². The molecule has 1 N–H and O–H groups in total. The number of carbonyl (C=O) groups excluding carboxylic acids is 1. The van der Waals surface area contributed by atoms with Crippen molar-refractivity contribution >= 4 is 17.1 Å². The van der Waals surface area contributed by atoms with E-state index >= 15 is 0 Å². The maximum atomic E-state index is 12.9. The first-order chi connectivity index (χ1) is 15.8. The third kappa shape index (κ3) is 3.99. The number of H-pyrrole nitrogens is 1. The summed E-state index contributed by atoms with van der Waals surface area (Å²) in [5.74, 6) is -0.165. The maximum Gasteiger partial charge on any atom is 0.342 e. The summed E-state index contributed by atoms with van der Waals surface area (Å²) in [7, 11) is 1.66. The molecule has 0 amide bonds. The highest BCUT2D eigenvalue weighted by atomic mass is 16.5. The van der Waals surface area contributed by atoms with E-state index in [1.54, 1.807) is 23.2 Å². The van der Waals surface area contributed by atoms with Gasteiger partial charge in [-0.25, -0.2) is 19.3 Å². The maximum absolute atomic E-state index is 12.9. The van der Waals surface area contributed by atoms with Crippen LogP contribution >= 0.6 is 0 Å². The predicted octanol–water partition coefficient (Wildman–Crippen LogP) is 2.38. The Balaban J connectivity index is 1.63. The van der Waals surface area contributed by atoms with Gasteiger partial charge in [0.25, 0.3) is 5.56 Å². The van der Waals surface area contributed by atoms with Crippen molar-refractivity contribution in [3.05, 3.63) is 73.9 Å². The molecule has 0 fully saturated rings. The van der Waals surface area contributed by atoms with Gasteiger partial charge in [0.15, 0.2) is 11.2 Å². The monoisotopic (exact) mass is 450 g/mol. The van der Waals surface area contributed by atoms with Crippen molar-refractivity contribution in [1.29, 1.82) is 0 Å². The number of aromatic nitrogens is 6. The van der Waals surface area contributed by atoms with E-state index in [9.17, 15) is 14.4 Å². The van der Waals surface area contributed by atoms with Crippen molar-refractivity contribution in [2.75, 3.05) is 0 Å². The number of hydrogen-bond donors (Lipinski definition) is 1. The third-order valence-corrected chi connectivity index (χ3v) is 5.67. The third-order valence-electron chi connectivity index (χ3n) is 5.67. The minimum atomic E-state index is -0.531. The number of benzene rings is 1. The number of unbranched alkanes of at least 4 members (excludes halogenated alkanes) is 1. The van der Waals surface area contributed by atoms with Crippen LogP contribution in [0.1, 0.15) is 47.3 Å². The highest BCUT2D eigenvalue weighted by Crippen LogP contribution is 2.20. The number of hydrogen-bond acceptors (Lipinski definition) is 6. The molecule has 0 unspecified atom stereocenters. The Morgan fingerprint density at radius 3 is 2.58 bits per heavy atom. The average molecular weight is 450 g/mol. The van der Waals surface area contributed by atoms with Crippen LogP contribution < -0.4 is 11.2 Å². The van der Waals surface area contributed by atoms with Gasteiger partial charge in [-0.05, 0) is 32.4 Å². The molecule has 0 saturated carbocycles. The second kappa shape index (κ2) is 8.89. The Bertz CT molecular complexity index is 1440. The minimum absolute atomic E-state index is 0.152. The molecule has 0 bridgehead atoms. The van der Waals surface area contributed by atoms with Gasteiger partial charge < -0.3 is 9.30 Å². The molecule has 4 aromatic rings. The quantitative estimate of drug-likeness (QED) is 0.432. The summed E-state index contributed by atoms with van der Waals surface area (Å²) >= 11 is 0. The van der Waals surface area contributed by atoms with Gasteiger partial charge in [-0.3, -0.25) is 14.3 Å². The van der Waals surface area contributed by atoms with Gasteiger partial charge in [0.1, 0.15) is 18.0 Å². The number of rotatable bonds is 7. The molecular formula is C23H26N6O4. The molecule has 0 aliphatic heterocycles. The van der Waals surface area contributed by atoms with Crippen molar-refractivity contribution < 1.29 is 9.53 Å². The molecule has 33 heavy (non-hydrogen) atoms.